The second-order valence-corrected chi connectivity index (χ2v) is 9.81. The number of rotatable bonds is 9. The number of hydrogen-bond donors (Lipinski definition) is 3. The van der Waals surface area contributed by atoms with Crippen molar-refractivity contribution < 1.29 is 18.3 Å². The highest BCUT2D eigenvalue weighted by molar-refractivity contribution is 14.0. The molecule has 0 bridgehead atoms. The molecule has 1 fully saturated rings. The Morgan fingerprint density at radius 2 is 1.97 bits per heavy atom. The molecule has 1 aromatic rings. The highest BCUT2D eigenvalue weighted by Gasteiger charge is 2.34. The number of aliphatic hydroxyl groups is 1. The SMILES string of the molecule is CN=C(NCc1ccc(S(=O)(=O)N(C)C(C)C)cc1)NCC1(CCO)CCOC1.I. The molecule has 1 aliphatic rings. The van der Waals surface area contributed by atoms with E-state index in [0.717, 1.165) is 18.6 Å². The highest BCUT2D eigenvalue weighted by atomic mass is 127. The third kappa shape index (κ3) is 7.04. The maximum absolute atomic E-state index is 12.5. The number of ether oxygens (including phenoxy) is 1. The lowest BCUT2D eigenvalue weighted by atomic mass is 9.84. The Hall–Kier alpha value is -0.950. The zero-order valence-corrected chi connectivity index (χ0v) is 21.4. The van der Waals surface area contributed by atoms with E-state index in [1.165, 1.54) is 4.31 Å². The summed E-state index contributed by atoms with van der Waals surface area (Å²) >= 11 is 0. The van der Waals surface area contributed by atoms with Gasteiger partial charge in [0.25, 0.3) is 0 Å². The first kappa shape index (κ1) is 27.1. The molecule has 2 rings (SSSR count). The molecule has 0 saturated carbocycles. The summed E-state index contributed by atoms with van der Waals surface area (Å²) in [4.78, 5) is 4.53. The molecule has 30 heavy (non-hydrogen) atoms. The fourth-order valence-electron chi connectivity index (χ4n) is 3.21. The van der Waals surface area contributed by atoms with Crippen LogP contribution in [0.3, 0.4) is 0 Å². The molecule has 1 saturated heterocycles. The fraction of sp³-hybridized carbons (Fsp3) is 0.650. The third-order valence-corrected chi connectivity index (χ3v) is 7.52. The van der Waals surface area contributed by atoms with Crippen LogP contribution in [-0.4, -0.2) is 70.3 Å². The molecule has 10 heteroatoms. The van der Waals surface area contributed by atoms with Crippen LogP contribution < -0.4 is 10.6 Å². The molecule has 0 amide bonds. The molecule has 1 heterocycles. The molecule has 1 atom stereocenters. The first-order chi connectivity index (χ1) is 13.7. The summed E-state index contributed by atoms with van der Waals surface area (Å²) in [5, 5.41) is 15.9. The van der Waals surface area contributed by atoms with Gasteiger partial charge < -0.3 is 20.5 Å². The van der Waals surface area contributed by atoms with E-state index in [1.807, 2.05) is 13.8 Å². The molecule has 3 N–H and O–H groups in total. The normalized spacial score (nSPS) is 19.8. The van der Waals surface area contributed by atoms with Crippen LogP contribution in [0, 0.1) is 5.41 Å². The maximum Gasteiger partial charge on any atom is 0.243 e. The van der Waals surface area contributed by atoms with Crippen LogP contribution in [0.5, 0.6) is 0 Å². The smallest absolute Gasteiger partial charge is 0.243 e. The molecular formula is C20H35IN4O4S. The van der Waals surface area contributed by atoms with Crippen molar-refractivity contribution in [3.8, 4) is 0 Å². The van der Waals surface area contributed by atoms with Crippen molar-refractivity contribution in [3.63, 3.8) is 0 Å². The largest absolute Gasteiger partial charge is 0.396 e. The number of sulfonamides is 1. The molecule has 0 radical (unpaired) electrons. The Morgan fingerprint density at radius 3 is 2.47 bits per heavy atom. The first-order valence-corrected chi connectivity index (χ1v) is 11.4. The number of nitrogens with one attached hydrogen (secondary N) is 2. The van der Waals surface area contributed by atoms with E-state index >= 15 is 0 Å². The van der Waals surface area contributed by atoms with Gasteiger partial charge in [-0.1, -0.05) is 12.1 Å². The molecule has 0 aliphatic carbocycles. The van der Waals surface area contributed by atoms with Crippen molar-refractivity contribution in [3.05, 3.63) is 29.8 Å². The van der Waals surface area contributed by atoms with E-state index in [9.17, 15) is 13.5 Å². The Morgan fingerprint density at radius 1 is 1.30 bits per heavy atom. The molecular weight excluding hydrogens is 519 g/mol. The van der Waals surface area contributed by atoms with Gasteiger partial charge >= 0.3 is 0 Å². The van der Waals surface area contributed by atoms with Gasteiger partial charge in [-0.2, -0.15) is 4.31 Å². The van der Waals surface area contributed by atoms with Crippen LogP contribution in [0.25, 0.3) is 0 Å². The van der Waals surface area contributed by atoms with Crippen LogP contribution in [-0.2, 0) is 21.3 Å². The number of halogens is 1. The summed E-state index contributed by atoms with van der Waals surface area (Å²) < 4.78 is 32.0. The van der Waals surface area contributed by atoms with Gasteiger partial charge in [0.05, 0.1) is 11.5 Å². The van der Waals surface area contributed by atoms with Crippen molar-refractivity contribution in [1.29, 1.82) is 0 Å². The van der Waals surface area contributed by atoms with Crippen LogP contribution in [0.1, 0.15) is 32.3 Å². The van der Waals surface area contributed by atoms with Crippen LogP contribution in [0.4, 0.5) is 0 Å². The van der Waals surface area contributed by atoms with Crippen molar-refractivity contribution in [2.24, 2.45) is 10.4 Å². The zero-order valence-electron chi connectivity index (χ0n) is 18.2. The van der Waals surface area contributed by atoms with E-state index in [4.69, 9.17) is 4.74 Å². The zero-order chi connectivity index (χ0) is 21.5. The average molecular weight is 554 g/mol. The standard InChI is InChI=1S/C20H34N4O4S.HI/c1-16(2)24(4)29(26,27)18-7-5-17(6-8-18)13-22-19(21-3)23-14-20(9-11-25)10-12-28-15-20;/h5-8,16,25H,9-15H2,1-4H3,(H2,21,22,23);1H. The quantitative estimate of drug-likeness (QED) is 0.245. The average Bonchev–Trinajstić information content (AvgIpc) is 3.16. The van der Waals surface area contributed by atoms with Gasteiger partial charge in [-0.3, -0.25) is 4.99 Å². The first-order valence-electron chi connectivity index (χ1n) is 9.94. The number of aliphatic hydroxyl groups excluding tert-OH is 1. The van der Waals surface area contributed by atoms with E-state index in [-0.39, 0.29) is 46.9 Å². The lowest BCUT2D eigenvalue weighted by Crippen LogP contribution is -2.44. The number of benzene rings is 1. The predicted molar refractivity (Wildman–Crippen MR) is 130 cm³/mol. The number of aliphatic imine (C=N–C) groups is 1. The van der Waals surface area contributed by atoms with Crippen molar-refractivity contribution in [2.75, 3.05) is 40.5 Å². The Balaban J connectivity index is 0.00000450. The summed E-state index contributed by atoms with van der Waals surface area (Å²) in [5.41, 5.74) is 0.888. The summed E-state index contributed by atoms with van der Waals surface area (Å²) in [6, 6.07) is 6.77. The topological polar surface area (TPSA) is 103 Å². The molecule has 1 unspecified atom stereocenters. The van der Waals surface area contributed by atoms with Crippen molar-refractivity contribution in [2.45, 2.75) is 44.2 Å². The van der Waals surface area contributed by atoms with Crippen LogP contribution in [0.15, 0.2) is 34.2 Å². The van der Waals surface area contributed by atoms with Gasteiger partial charge in [0.15, 0.2) is 5.96 Å². The monoisotopic (exact) mass is 554 g/mol. The molecule has 8 nitrogen and oxygen atoms in total. The molecule has 172 valence electrons. The summed E-state index contributed by atoms with van der Waals surface area (Å²) in [6.07, 6.45) is 1.61. The molecule has 1 aromatic carbocycles. The maximum atomic E-state index is 12.5. The van der Waals surface area contributed by atoms with Gasteiger partial charge in [0.2, 0.25) is 10.0 Å². The molecule has 0 aromatic heterocycles. The van der Waals surface area contributed by atoms with Crippen molar-refractivity contribution >= 4 is 40.0 Å². The Labute approximate surface area is 197 Å². The minimum Gasteiger partial charge on any atom is -0.396 e. The van der Waals surface area contributed by atoms with Gasteiger partial charge in [0.1, 0.15) is 0 Å². The summed E-state index contributed by atoms with van der Waals surface area (Å²) in [6.45, 7) is 6.37. The summed E-state index contributed by atoms with van der Waals surface area (Å²) in [7, 11) is -0.184. The minimum atomic E-state index is -3.48. The summed E-state index contributed by atoms with van der Waals surface area (Å²) in [5.74, 6) is 0.658. The molecule has 0 spiro atoms. The third-order valence-electron chi connectivity index (χ3n) is 5.47. The number of hydrogen-bond acceptors (Lipinski definition) is 5. The van der Waals surface area contributed by atoms with E-state index in [0.29, 0.717) is 32.1 Å². The molecule has 1 aliphatic heterocycles. The van der Waals surface area contributed by atoms with Gasteiger partial charge in [-0.05, 0) is 44.4 Å². The predicted octanol–water partition coefficient (Wildman–Crippen LogP) is 1.79. The minimum absolute atomic E-state index is 0. The highest BCUT2D eigenvalue weighted by Crippen LogP contribution is 2.31. The van der Waals surface area contributed by atoms with Gasteiger partial charge in [-0.15, -0.1) is 24.0 Å². The lowest BCUT2D eigenvalue weighted by molar-refractivity contribution is 0.127. The Kier molecular flexibility index (Phi) is 11.0. The second kappa shape index (κ2) is 12.2. The number of guanidine groups is 1. The van der Waals surface area contributed by atoms with E-state index in [2.05, 4.69) is 15.6 Å². The number of nitrogens with zero attached hydrogens (tertiary/aromatic N) is 2. The Bertz CT molecular complexity index is 779. The van der Waals surface area contributed by atoms with Crippen LogP contribution >= 0.6 is 24.0 Å². The fourth-order valence-corrected chi connectivity index (χ4v) is 4.58. The van der Waals surface area contributed by atoms with E-state index in [1.54, 1.807) is 38.4 Å². The van der Waals surface area contributed by atoms with Crippen molar-refractivity contribution in [1.82, 2.24) is 14.9 Å². The van der Waals surface area contributed by atoms with E-state index < -0.39 is 10.0 Å². The lowest BCUT2D eigenvalue weighted by Gasteiger charge is -2.27. The second-order valence-electron chi connectivity index (χ2n) is 7.81. The van der Waals surface area contributed by atoms with Crippen LogP contribution in [0.2, 0.25) is 0 Å². The van der Waals surface area contributed by atoms with Gasteiger partial charge in [0, 0.05) is 51.9 Å². The van der Waals surface area contributed by atoms with Gasteiger partial charge in [-0.25, -0.2) is 8.42 Å².